The minimum atomic E-state index is -0.0310. The first kappa shape index (κ1) is 19.3. The Morgan fingerprint density at radius 1 is 1.03 bits per heavy atom. The molecule has 0 radical (unpaired) electrons. The molecule has 29 heavy (non-hydrogen) atoms. The monoisotopic (exact) mass is 384 g/mol. The number of hydrogen-bond acceptors (Lipinski definition) is 2. The molecule has 0 saturated carbocycles. The lowest BCUT2D eigenvalue weighted by Crippen LogP contribution is -2.27. The number of aryl methyl sites for hydroxylation is 2. The highest BCUT2D eigenvalue weighted by Gasteiger charge is 2.18. The second-order valence-electron chi connectivity index (χ2n) is 8.05. The number of fused-ring (bicyclic) bond motifs is 1. The molecule has 3 nitrogen and oxygen atoms in total. The van der Waals surface area contributed by atoms with Gasteiger partial charge in [0.15, 0.2) is 0 Å². The van der Waals surface area contributed by atoms with E-state index in [2.05, 4.69) is 78.7 Å². The van der Waals surface area contributed by atoms with Crippen molar-refractivity contribution in [3.8, 4) is 0 Å². The van der Waals surface area contributed by atoms with Crippen molar-refractivity contribution >= 4 is 11.6 Å². The zero-order chi connectivity index (χ0) is 20.4. The molecule has 0 fully saturated rings. The van der Waals surface area contributed by atoms with E-state index in [1.54, 1.807) is 0 Å². The largest absolute Gasteiger partial charge is 0.367 e. The average Bonchev–Trinajstić information content (AvgIpc) is 3.13. The summed E-state index contributed by atoms with van der Waals surface area (Å²) in [5.41, 5.74) is 8.25. The van der Waals surface area contributed by atoms with Crippen LogP contribution >= 0.6 is 0 Å². The van der Waals surface area contributed by atoms with Gasteiger partial charge < -0.3 is 10.2 Å². The second kappa shape index (κ2) is 8.12. The summed E-state index contributed by atoms with van der Waals surface area (Å²) in [5.74, 6) is -0.0310. The highest BCUT2D eigenvalue weighted by molar-refractivity contribution is 5.94. The molecule has 0 spiro atoms. The molecule has 3 heteroatoms. The van der Waals surface area contributed by atoms with Gasteiger partial charge in [0.25, 0.3) is 5.91 Å². The van der Waals surface area contributed by atoms with Crippen LogP contribution in [0.3, 0.4) is 0 Å². The molecule has 0 aromatic heterocycles. The van der Waals surface area contributed by atoms with Crippen LogP contribution in [0, 0.1) is 13.8 Å². The van der Waals surface area contributed by atoms with Gasteiger partial charge in [-0.05, 0) is 67.6 Å². The Balaban J connectivity index is 1.41. The maximum Gasteiger partial charge on any atom is 0.251 e. The third kappa shape index (κ3) is 4.19. The van der Waals surface area contributed by atoms with Crippen molar-refractivity contribution in [1.29, 1.82) is 0 Å². The molecule has 1 atom stereocenters. The number of hydrogen-bond donors (Lipinski definition) is 1. The summed E-state index contributed by atoms with van der Waals surface area (Å²) >= 11 is 0. The highest BCUT2D eigenvalue weighted by Crippen LogP contribution is 2.28. The van der Waals surface area contributed by atoms with Gasteiger partial charge in [-0.15, -0.1) is 0 Å². The molecule has 0 saturated heterocycles. The summed E-state index contributed by atoms with van der Waals surface area (Å²) in [5, 5.41) is 3.14. The molecule has 3 aromatic rings. The third-order valence-corrected chi connectivity index (χ3v) is 5.82. The van der Waals surface area contributed by atoms with E-state index < -0.39 is 0 Å². The molecular weight excluding hydrogens is 356 g/mol. The first-order valence-corrected chi connectivity index (χ1v) is 10.3. The van der Waals surface area contributed by atoms with Crippen molar-refractivity contribution in [2.45, 2.75) is 39.8 Å². The maximum atomic E-state index is 12.7. The normalized spacial score (nSPS) is 13.8. The predicted molar refractivity (Wildman–Crippen MR) is 119 cm³/mol. The Labute approximate surface area is 173 Å². The molecule has 148 valence electrons. The minimum Gasteiger partial charge on any atom is -0.367 e. The number of para-hydroxylation sites is 1. The van der Waals surface area contributed by atoms with Crippen LogP contribution in [0.5, 0.6) is 0 Å². The highest BCUT2D eigenvalue weighted by atomic mass is 16.1. The van der Waals surface area contributed by atoms with Gasteiger partial charge in [0, 0.05) is 24.3 Å². The molecule has 0 aliphatic carbocycles. The first-order valence-electron chi connectivity index (χ1n) is 10.3. The van der Waals surface area contributed by atoms with Crippen molar-refractivity contribution in [3.05, 3.63) is 100 Å². The summed E-state index contributed by atoms with van der Waals surface area (Å²) in [6.45, 7) is 8.13. The van der Waals surface area contributed by atoms with E-state index in [1.807, 2.05) is 19.1 Å². The van der Waals surface area contributed by atoms with Gasteiger partial charge in [0.1, 0.15) is 0 Å². The van der Waals surface area contributed by atoms with Gasteiger partial charge in [0.05, 0.1) is 6.04 Å². The van der Waals surface area contributed by atoms with E-state index in [0.717, 1.165) is 19.5 Å². The van der Waals surface area contributed by atoms with Gasteiger partial charge in [-0.25, -0.2) is 0 Å². The fourth-order valence-corrected chi connectivity index (χ4v) is 4.14. The zero-order valence-corrected chi connectivity index (χ0v) is 17.4. The van der Waals surface area contributed by atoms with Crippen LogP contribution in [-0.2, 0) is 13.0 Å². The number of benzene rings is 3. The first-order chi connectivity index (χ1) is 14.0. The van der Waals surface area contributed by atoms with Gasteiger partial charge >= 0.3 is 0 Å². The van der Waals surface area contributed by atoms with Crippen molar-refractivity contribution in [2.75, 3.05) is 11.4 Å². The molecule has 1 amide bonds. The van der Waals surface area contributed by atoms with Gasteiger partial charge in [0.2, 0.25) is 0 Å². The number of nitrogens with one attached hydrogen (secondary N) is 1. The van der Waals surface area contributed by atoms with Gasteiger partial charge in [-0.2, -0.15) is 0 Å². The Morgan fingerprint density at radius 2 is 1.79 bits per heavy atom. The lowest BCUT2D eigenvalue weighted by molar-refractivity contribution is 0.0940. The van der Waals surface area contributed by atoms with Crippen molar-refractivity contribution in [2.24, 2.45) is 0 Å². The van der Waals surface area contributed by atoms with Crippen LogP contribution < -0.4 is 10.2 Å². The standard InChI is InChI=1S/C26H28N2O/c1-18-8-9-19(2)24(16-18)20(3)27-26(29)23-12-10-21(11-13-23)17-28-15-14-22-6-4-5-7-25(22)28/h4-13,16,20H,14-15,17H2,1-3H3,(H,27,29)/t20-/m1/s1. The summed E-state index contributed by atoms with van der Waals surface area (Å²) in [6.07, 6.45) is 1.10. The smallest absolute Gasteiger partial charge is 0.251 e. The van der Waals surface area contributed by atoms with Gasteiger partial charge in [-0.3, -0.25) is 4.79 Å². The average molecular weight is 385 g/mol. The lowest BCUT2D eigenvalue weighted by Gasteiger charge is -2.20. The number of amides is 1. The Morgan fingerprint density at radius 3 is 2.59 bits per heavy atom. The van der Waals surface area contributed by atoms with E-state index >= 15 is 0 Å². The number of nitrogens with zero attached hydrogens (tertiary/aromatic N) is 1. The molecule has 1 N–H and O–H groups in total. The summed E-state index contributed by atoms with van der Waals surface area (Å²) in [4.78, 5) is 15.1. The summed E-state index contributed by atoms with van der Waals surface area (Å²) in [7, 11) is 0. The Bertz CT molecular complexity index is 1020. The van der Waals surface area contributed by atoms with Crippen molar-refractivity contribution in [1.82, 2.24) is 5.32 Å². The quantitative estimate of drug-likeness (QED) is 0.642. The number of carbonyl (C=O) groups excluding carboxylic acids is 1. The molecule has 1 heterocycles. The molecule has 1 aliphatic heterocycles. The van der Waals surface area contributed by atoms with Crippen molar-refractivity contribution in [3.63, 3.8) is 0 Å². The summed E-state index contributed by atoms with van der Waals surface area (Å²) < 4.78 is 0. The maximum absolute atomic E-state index is 12.7. The SMILES string of the molecule is Cc1ccc(C)c([C@@H](C)NC(=O)c2ccc(CN3CCc4ccccc43)cc2)c1. The topological polar surface area (TPSA) is 32.3 Å². The van der Waals surface area contributed by atoms with Crippen LogP contribution in [0.4, 0.5) is 5.69 Å². The van der Waals surface area contributed by atoms with Crippen LogP contribution in [0.1, 0.15) is 51.1 Å². The fourth-order valence-electron chi connectivity index (χ4n) is 4.14. The van der Waals surface area contributed by atoms with Crippen LogP contribution in [0.25, 0.3) is 0 Å². The molecule has 1 aliphatic rings. The lowest BCUT2D eigenvalue weighted by atomic mass is 9.99. The van der Waals surface area contributed by atoms with Crippen LogP contribution in [-0.4, -0.2) is 12.5 Å². The van der Waals surface area contributed by atoms with Gasteiger partial charge in [-0.1, -0.05) is 54.1 Å². The fraction of sp³-hybridized carbons (Fsp3) is 0.269. The zero-order valence-electron chi connectivity index (χ0n) is 17.4. The van der Waals surface area contributed by atoms with Crippen molar-refractivity contribution < 1.29 is 4.79 Å². The van der Waals surface area contributed by atoms with Crippen LogP contribution in [0.2, 0.25) is 0 Å². The molecule has 0 unspecified atom stereocenters. The summed E-state index contributed by atoms with van der Waals surface area (Å²) in [6, 6.07) is 22.9. The van der Waals surface area contributed by atoms with E-state index in [1.165, 1.54) is 33.5 Å². The van der Waals surface area contributed by atoms with E-state index in [0.29, 0.717) is 5.56 Å². The molecule has 3 aromatic carbocycles. The van der Waals surface area contributed by atoms with E-state index in [9.17, 15) is 4.79 Å². The molecule has 4 rings (SSSR count). The number of anilines is 1. The Kier molecular flexibility index (Phi) is 5.39. The minimum absolute atomic E-state index is 0.0248. The number of carbonyl (C=O) groups is 1. The molecule has 0 bridgehead atoms. The van der Waals surface area contributed by atoms with E-state index in [-0.39, 0.29) is 11.9 Å². The van der Waals surface area contributed by atoms with Crippen LogP contribution in [0.15, 0.2) is 66.7 Å². The predicted octanol–water partition coefficient (Wildman–Crippen LogP) is 5.36. The second-order valence-corrected chi connectivity index (χ2v) is 8.05. The molecular formula is C26H28N2O. The number of rotatable bonds is 5. The van der Waals surface area contributed by atoms with E-state index in [4.69, 9.17) is 0 Å². The Hall–Kier alpha value is -3.07. The third-order valence-electron chi connectivity index (χ3n) is 5.82.